The van der Waals surface area contributed by atoms with Crippen LogP contribution in [0.5, 0.6) is 0 Å². The third-order valence-corrected chi connectivity index (χ3v) is 4.34. The summed E-state index contributed by atoms with van der Waals surface area (Å²) < 4.78 is 0. The minimum absolute atomic E-state index is 0.284. The highest BCUT2D eigenvalue weighted by molar-refractivity contribution is 5.66. The third kappa shape index (κ3) is 3.42. The van der Waals surface area contributed by atoms with E-state index in [-0.39, 0.29) is 6.42 Å². The molecule has 2 atom stereocenters. The second-order valence-corrected chi connectivity index (χ2v) is 5.52. The summed E-state index contributed by atoms with van der Waals surface area (Å²) in [6, 6.07) is 2.11. The molecule has 0 spiro atoms. The van der Waals surface area contributed by atoms with Crippen molar-refractivity contribution in [3.8, 4) is 0 Å². The zero-order valence-electron chi connectivity index (χ0n) is 10.7. The lowest BCUT2D eigenvalue weighted by molar-refractivity contribution is -0.137. The minimum atomic E-state index is -0.688. The molecule has 2 N–H and O–H groups in total. The van der Waals surface area contributed by atoms with Gasteiger partial charge in [0.15, 0.2) is 0 Å². The van der Waals surface area contributed by atoms with Crippen molar-refractivity contribution in [1.82, 2.24) is 10.2 Å². The Bertz CT molecular complexity index is 256. The van der Waals surface area contributed by atoms with Gasteiger partial charge in [-0.3, -0.25) is 4.79 Å². The fourth-order valence-corrected chi connectivity index (χ4v) is 3.33. The van der Waals surface area contributed by atoms with Gasteiger partial charge >= 0.3 is 5.97 Å². The van der Waals surface area contributed by atoms with E-state index in [0.717, 1.165) is 25.0 Å². The van der Waals surface area contributed by atoms with E-state index >= 15 is 0 Å². The Kier molecular flexibility index (Phi) is 4.40. The molecular formula is C13H24N2O2. The molecular weight excluding hydrogens is 216 g/mol. The monoisotopic (exact) mass is 240 g/mol. The standard InChI is InChI=1S/C13H24N2O2/c1-15-11-4-2-5-12(15)9-10(8-11)14-7-3-6-13(16)17/h10-12,14H,2-9H2,1H3,(H,16,17). The van der Waals surface area contributed by atoms with Gasteiger partial charge in [-0.2, -0.15) is 0 Å². The van der Waals surface area contributed by atoms with Gasteiger partial charge in [0.2, 0.25) is 0 Å². The third-order valence-electron chi connectivity index (χ3n) is 4.34. The van der Waals surface area contributed by atoms with Crippen LogP contribution in [0, 0.1) is 0 Å². The molecule has 0 amide bonds. The summed E-state index contributed by atoms with van der Waals surface area (Å²) in [6.45, 7) is 0.847. The first-order valence-electron chi connectivity index (χ1n) is 6.84. The summed E-state index contributed by atoms with van der Waals surface area (Å²) in [7, 11) is 2.26. The van der Waals surface area contributed by atoms with Crippen molar-refractivity contribution >= 4 is 5.97 Å². The van der Waals surface area contributed by atoms with Crippen molar-refractivity contribution < 1.29 is 9.90 Å². The predicted molar refractivity (Wildman–Crippen MR) is 67.1 cm³/mol. The lowest BCUT2D eigenvalue weighted by atomic mass is 9.82. The summed E-state index contributed by atoms with van der Waals surface area (Å²) in [5, 5.41) is 12.1. The van der Waals surface area contributed by atoms with Crippen molar-refractivity contribution in [2.75, 3.05) is 13.6 Å². The van der Waals surface area contributed by atoms with Crippen LogP contribution >= 0.6 is 0 Å². The molecule has 0 aromatic carbocycles. The normalized spacial score (nSPS) is 33.6. The van der Waals surface area contributed by atoms with Crippen molar-refractivity contribution in [1.29, 1.82) is 0 Å². The Labute approximate surface area is 103 Å². The molecule has 4 heteroatoms. The molecule has 2 unspecified atom stereocenters. The van der Waals surface area contributed by atoms with Gasteiger partial charge in [-0.05, 0) is 45.7 Å². The van der Waals surface area contributed by atoms with E-state index in [1.807, 2.05) is 0 Å². The van der Waals surface area contributed by atoms with Gasteiger partial charge in [-0.25, -0.2) is 0 Å². The molecule has 2 saturated heterocycles. The first-order valence-corrected chi connectivity index (χ1v) is 6.84. The number of piperidine rings is 2. The van der Waals surface area contributed by atoms with Crippen molar-refractivity contribution in [2.24, 2.45) is 0 Å². The van der Waals surface area contributed by atoms with Crippen LogP contribution in [0.2, 0.25) is 0 Å². The lowest BCUT2D eigenvalue weighted by Crippen LogP contribution is -2.54. The summed E-state index contributed by atoms with van der Waals surface area (Å²) in [5.41, 5.74) is 0. The van der Waals surface area contributed by atoms with E-state index in [0.29, 0.717) is 6.04 Å². The van der Waals surface area contributed by atoms with E-state index < -0.39 is 5.97 Å². The molecule has 0 saturated carbocycles. The van der Waals surface area contributed by atoms with Gasteiger partial charge < -0.3 is 15.3 Å². The maximum absolute atomic E-state index is 10.4. The summed E-state index contributed by atoms with van der Waals surface area (Å²) in [6.07, 6.45) is 7.55. The van der Waals surface area contributed by atoms with Crippen LogP contribution in [0.4, 0.5) is 0 Å². The maximum atomic E-state index is 10.4. The van der Waals surface area contributed by atoms with Gasteiger partial charge in [0.1, 0.15) is 0 Å². The molecule has 4 nitrogen and oxygen atoms in total. The number of rotatable bonds is 5. The van der Waals surface area contributed by atoms with Gasteiger partial charge in [0.05, 0.1) is 0 Å². The second kappa shape index (κ2) is 5.83. The topological polar surface area (TPSA) is 52.6 Å². The number of carboxylic acids is 1. The number of carboxylic acid groups (broad SMARTS) is 1. The van der Waals surface area contributed by atoms with Crippen molar-refractivity contribution in [2.45, 2.75) is 63.1 Å². The van der Waals surface area contributed by atoms with Crippen LogP contribution in [-0.2, 0) is 4.79 Å². The van der Waals surface area contributed by atoms with E-state index in [1.165, 1.54) is 32.1 Å². The first kappa shape index (κ1) is 12.8. The van der Waals surface area contributed by atoms with Crippen molar-refractivity contribution in [3.05, 3.63) is 0 Å². The fraction of sp³-hybridized carbons (Fsp3) is 0.923. The summed E-state index contributed by atoms with van der Waals surface area (Å²) in [5.74, 6) is -0.688. The molecule has 0 aromatic rings. The molecule has 0 aromatic heterocycles. The van der Waals surface area contributed by atoms with Crippen LogP contribution in [-0.4, -0.2) is 47.7 Å². The van der Waals surface area contributed by atoms with Crippen LogP contribution < -0.4 is 5.32 Å². The maximum Gasteiger partial charge on any atom is 0.303 e. The second-order valence-electron chi connectivity index (χ2n) is 5.52. The molecule has 0 radical (unpaired) electrons. The summed E-state index contributed by atoms with van der Waals surface area (Å²) in [4.78, 5) is 13.0. The zero-order chi connectivity index (χ0) is 12.3. The highest BCUT2D eigenvalue weighted by atomic mass is 16.4. The smallest absolute Gasteiger partial charge is 0.303 e. The average molecular weight is 240 g/mol. The Morgan fingerprint density at radius 2 is 2.00 bits per heavy atom. The number of carbonyl (C=O) groups is 1. The van der Waals surface area contributed by atoms with E-state index in [1.54, 1.807) is 0 Å². The Balaban J connectivity index is 1.70. The molecule has 2 rings (SSSR count). The fourth-order valence-electron chi connectivity index (χ4n) is 3.33. The average Bonchev–Trinajstić information content (AvgIpc) is 2.25. The zero-order valence-corrected chi connectivity index (χ0v) is 10.7. The molecule has 2 heterocycles. The number of fused-ring (bicyclic) bond motifs is 2. The molecule has 2 aliphatic heterocycles. The van der Waals surface area contributed by atoms with Crippen LogP contribution in [0.25, 0.3) is 0 Å². The molecule has 2 aliphatic rings. The van der Waals surface area contributed by atoms with Gasteiger partial charge in [0, 0.05) is 24.5 Å². The number of hydrogen-bond acceptors (Lipinski definition) is 3. The van der Waals surface area contributed by atoms with E-state index in [9.17, 15) is 4.79 Å². The number of hydrogen-bond donors (Lipinski definition) is 2. The summed E-state index contributed by atoms with van der Waals surface area (Å²) >= 11 is 0. The largest absolute Gasteiger partial charge is 0.481 e. The lowest BCUT2D eigenvalue weighted by Gasteiger charge is -2.47. The SMILES string of the molecule is CN1C2CCCC1CC(NCCCC(=O)O)C2. The quantitative estimate of drug-likeness (QED) is 0.714. The van der Waals surface area contributed by atoms with E-state index in [4.69, 9.17) is 5.11 Å². The van der Waals surface area contributed by atoms with Gasteiger partial charge in [0.25, 0.3) is 0 Å². The van der Waals surface area contributed by atoms with Crippen LogP contribution in [0.3, 0.4) is 0 Å². The molecule has 17 heavy (non-hydrogen) atoms. The Hall–Kier alpha value is -0.610. The highest BCUT2D eigenvalue weighted by Crippen LogP contribution is 2.32. The van der Waals surface area contributed by atoms with Crippen LogP contribution in [0.15, 0.2) is 0 Å². The molecule has 98 valence electrons. The predicted octanol–water partition coefficient (Wildman–Crippen LogP) is 1.46. The minimum Gasteiger partial charge on any atom is -0.481 e. The molecule has 2 bridgehead atoms. The number of aliphatic carboxylic acids is 1. The highest BCUT2D eigenvalue weighted by Gasteiger charge is 2.35. The number of nitrogens with one attached hydrogen (secondary N) is 1. The number of nitrogens with zero attached hydrogens (tertiary/aromatic N) is 1. The first-order chi connectivity index (χ1) is 8.16. The molecule has 2 fully saturated rings. The van der Waals surface area contributed by atoms with Gasteiger partial charge in [-0.1, -0.05) is 6.42 Å². The van der Waals surface area contributed by atoms with Crippen LogP contribution in [0.1, 0.15) is 44.9 Å². The molecule has 0 aliphatic carbocycles. The van der Waals surface area contributed by atoms with E-state index in [2.05, 4.69) is 17.3 Å². The Morgan fingerprint density at radius 1 is 1.35 bits per heavy atom. The van der Waals surface area contributed by atoms with Crippen molar-refractivity contribution in [3.63, 3.8) is 0 Å². The Morgan fingerprint density at radius 3 is 2.59 bits per heavy atom. The van der Waals surface area contributed by atoms with Gasteiger partial charge in [-0.15, -0.1) is 0 Å².